The molecule has 2 rings (SSSR count). The summed E-state index contributed by atoms with van der Waals surface area (Å²) in [5.74, 6) is -0.0596. The van der Waals surface area contributed by atoms with Gasteiger partial charge >= 0.3 is 0 Å². The molecule has 0 fully saturated rings. The van der Waals surface area contributed by atoms with Gasteiger partial charge in [0.1, 0.15) is 0 Å². The van der Waals surface area contributed by atoms with Crippen molar-refractivity contribution in [2.24, 2.45) is 0 Å². The van der Waals surface area contributed by atoms with E-state index in [2.05, 4.69) is 31.5 Å². The Balaban J connectivity index is 1.79. The topological polar surface area (TPSA) is 54.0 Å². The van der Waals surface area contributed by atoms with Crippen LogP contribution in [-0.4, -0.2) is 17.4 Å². The molecule has 0 aliphatic rings. The van der Waals surface area contributed by atoms with E-state index in [1.54, 1.807) is 12.4 Å². The molecule has 1 aromatic carbocycles. The fraction of sp³-hybridized carbons (Fsp3) is 0.200. The third-order valence-corrected chi connectivity index (χ3v) is 3.67. The number of rotatable bonds is 5. The van der Waals surface area contributed by atoms with Crippen molar-refractivity contribution >= 4 is 27.5 Å². The molecule has 20 heavy (non-hydrogen) atoms. The molecule has 104 valence electrons. The normalized spacial score (nSPS) is 10.3. The SMILES string of the molecule is Cc1cc(NC(=O)CNCc2cccnc2)ccc1Br. The van der Waals surface area contributed by atoms with E-state index in [0.29, 0.717) is 6.54 Å². The van der Waals surface area contributed by atoms with Gasteiger partial charge in [0.2, 0.25) is 5.91 Å². The van der Waals surface area contributed by atoms with Crippen molar-refractivity contribution in [3.05, 3.63) is 58.3 Å². The zero-order chi connectivity index (χ0) is 14.4. The summed E-state index contributed by atoms with van der Waals surface area (Å²) in [5, 5.41) is 5.94. The Hall–Kier alpha value is -1.72. The molecule has 0 saturated carbocycles. The average Bonchev–Trinajstić information content (AvgIpc) is 2.44. The van der Waals surface area contributed by atoms with Crippen LogP contribution < -0.4 is 10.6 Å². The minimum absolute atomic E-state index is 0.0596. The van der Waals surface area contributed by atoms with Gasteiger partial charge in [-0.15, -0.1) is 0 Å². The van der Waals surface area contributed by atoms with Crippen LogP contribution in [0.5, 0.6) is 0 Å². The Morgan fingerprint density at radius 1 is 1.35 bits per heavy atom. The molecule has 0 atom stereocenters. The number of nitrogens with zero attached hydrogens (tertiary/aromatic N) is 1. The summed E-state index contributed by atoms with van der Waals surface area (Å²) < 4.78 is 1.03. The summed E-state index contributed by atoms with van der Waals surface area (Å²) in [7, 11) is 0. The molecule has 0 unspecified atom stereocenters. The van der Waals surface area contributed by atoms with Crippen molar-refractivity contribution in [2.75, 3.05) is 11.9 Å². The van der Waals surface area contributed by atoms with Gasteiger partial charge in [0, 0.05) is 29.1 Å². The molecular weight excluding hydrogens is 318 g/mol. The number of aryl methyl sites for hydroxylation is 1. The largest absolute Gasteiger partial charge is 0.325 e. The first-order valence-corrected chi connectivity index (χ1v) is 7.10. The molecule has 1 aromatic heterocycles. The Morgan fingerprint density at radius 2 is 2.20 bits per heavy atom. The molecule has 0 aliphatic heterocycles. The van der Waals surface area contributed by atoms with Crippen molar-refractivity contribution in [3.8, 4) is 0 Å². The molecule has 0 bridgehead atoms. The smallest absolute Gasteiger partial charge is 0.238 e. The van der Waals surface area contributed by atoms with E-state index in [1.807, 2.05) is 37.3 Å². The molecule has 2 N–H and O–H groups in total. The lowest BCUT2D eigenvalue weighted by molar-refractivity contribution is -0.115. The number of carbonyl (C=O) groups excluding carboxylic acids is 1. The molecule has 2 aromatic rings. The Morgan fingerprint density at radius 3 is 2.90 bits per heavy atom. The highest BCUT2D eigenvalue weighted by Crippen LogP contribution is 2.19. The van der Waals surface area contributed by atoms with E-state index < -0.39 is 0 Å². The minimum Gasteiger partial charge on any atom is -0.325 e. The Labute approximate surface area is 126 Å². The second-order valence-electron chi connectivity index (χ2n) is 4.48. The van der Waals surface area contributed by atoms with Crippen LogP contribution in [0.4, 0.5) is 5.69 Å². The first-order valence-electron chi connectivity index (χ1n) is 6.31. The number of hydrogen-bond donors (Lipinski definition) is 2. The molecule has 0 saturated heterocycles. The molecule has 4 nitrogen and oxygen atoms in total. The monoisotopic (exact) mass is 333 g/mol. The lowest BCUT2D eigenvalue weighted by Crippen LogP contribution is -2.27. The van der Waals surface area contributed by atoms with Gasteiger partial charge in [0.15, 0.2) is 0 Å². The number of amides is 1. The van der Waals surface area contributed by atoms with Crippen LogP contribution in [-0.2, 0) is 11.3 Å². The maximum Gasteiger partial charge on any atom is 0.238 e. The molecule has 1 heterocycles. The maximum atomic E-state index is 11.8. The van der Waals surface area contributed by atoms with Crippen LogP contribution in [0.1, 0.15) is 11.1 Å². The maximum absolute atomic E-state index is 11.8. The summed E-state index contributed by atoms with van der Waals surface area (Å²) in [5.41, 5.74) is 2.95. The van der Waals surface area contributed by atoms with Crippen LogP contribution in [0.3, 0.4) is 0 Å². The second kappa shape index (κ2) is 7.17. The second-order valence-corrected chi connectivity index (χ2v) is 5.33. The summed E-state index contributed by atoms with van der Waals surface area (Å²) in [4.78, 5) is 15.8. The van der Waals surface area contributed by atoms with E-state index in [0.717, 1.165) is 21.3 Å². The van der Waals surface area contributed by atoms with Crippen LogP contribution in [0.2, 0.25) is 0 Å². The van der Waals surface area contributed by atoms with Crippen LogP contribution in [0.25, 0.3) is 0 Å². The van der Waals surface area contributed by atoms with Gasteiger partial charge in [-0.3, -0.25) is 9.78 Å². The van der Waals surface area contributed by atoms with Crippen molar-refractivity contribution < 1.29 is 4.79 Å². The number of anilines is 1. The summed E-state index contributed by atoms with van der Waals surface area (Å²) in [6.45, 7) is 2.88. The number of carbonyl (C=O) groups is 1. The Bertz CT molecular complexity index is 587. The lowest BCUT2D eigenvalue weighted by Gasteiger charge is -2.08. The fourth-order valence-electron chi connectivity index (χ4n) is 1.75. The quantitative estimate of drug-likeness (QED) is 0.884. The Kier molecular flexibility index (Phi) is 5.26. The van der Waals surface area contributed by atoms with Crippen molar-refractivity contribution in [1.29, 1.82) is 0 Å². The van der Waals surface area contributed by atoms with Gasteiger partial charge in [-0.05, 0) is 42.3 Å². The predicted octanol–water partition coefficient (Wildman–Crippen LogP) is 2.88. The standard InChI is InChI=1S/C15H16BrN3O/c1-11-7-13(4-5-14(11)16)19-15(20)10-18-9-12-3-2-6-17-8-12/h2-8,18H,9-10H2,1H3,(H,19,20). The average molecular weight is 334 g/mol. The lowest BCUT2D eigenvalue weighted by atomic mass is 10.2. The first kappa shape index (κ1) is 14.7. The highest BCUT2D eigenvalue weighted by atomic mass is 79.9. The number of nitrogens with one attached hydrogen (secondary N) is 2. The molecule has 5 heteroatoms. The van der Waals surface area contributed by atoms with E-state index in [4.69, 9.17) is 0 Å². The minimum atomic E-state index is -0.0596. The third kappa shape index (κ3) is 4.43. The van der Waals surface area contributed by atoms with Crippen LogP contribution >= 0.6 is 15.9 Å². The first-order chi connectivity index (χ1) is 9.65. The van der Waals surface area contributed by atoms with E-state index in [1.165, 1.54) is 0 Å². The zero-order valence-corrected chi connectivity index (χ0v) is 12.8. The number of hydrogen-bond acceptors (Lipinski definition) is 3. The van der Waals surface area contributed by atoms with Gasteiger partial charge in [0.05, 0.1) is 6.54 Å². The van der Waals surface area contributed by atoms with Gasteiger partial charge in [-0.25, -0.2) is 0 Å². The highest BCUT2D eigenvalue weighted by Gasteiger charge is 2.03. The summed E-state index contributed by atoms with van der Waals surface area (Å²) >= 11 is 3.43. The van der Waals surface area contributed by atoms with Crippen molar-refractivity contribution in [2.45, 2.75) is 13.5 Å². The molecule has 0 radical (unpaired) electrons. The number of aromatic nitrogens is 1. The van der Waals surface area contributed by atoms with Crippen molar-refractivity contribution in [3.63, 3.8) is 0 Å². The number of benzene rings is 1. The van der Waals surface area contributed by atoms with Gasteiger partial charge in [-0.2, -0.15) is 0 Å². The van der Waals surface area contributed by atoms with E-state index in [-0.39, 0.29) is 12.5 Å². The van der Waals surface area contributed by atoms with Gasteiger partial charge in [-0.1, -0.05) is 22.0 Å². The van der Waals surface area contributed by atoms with E-state index >= 15 is 0 Å². The fourth-order valence-corrected chi connectivity index (χ4v) is 2.00. The molecule has 1 amide bonds. The number of halogens is 1. The van der Waals surface area contributed by atoms with Gasteiger partial charge < -0.3 is 10.6 Å². The molecular formula is C15H16BrN3O. The van der Waals surface area contributed by atoms with Crippen LogP contribution in [0, 0.1) is 6.92 Å². The summed E-state index contributed by atoms with van der Waals surface area (Å²) in [6, 6.07) is 9.57. The van der Waals surface area contributed by atoms with Gasteiger partial charge in [0.25, 0.3) is 0 Å². The highest BCUT2D eigenvalue weighted by molar-refractivity contribution is 9.10. The third-order valence-electron chi connectivity index (χ3n) is 2.78. The van der Waals surface area contributed by atoms with Crippen LogP contribution in [0.15, 0.2) is 47.2 Å². The van der Waals surface area contributed by atoms with E-state index in [9.17, 15) is 4.79 Å². The summed E-state index contributed by atoms with van der Waals surface area (Å²) in [6.07, 6.45) is 3.51. The zero-order valence-electron chi connectivity index (χ0n) is 11.2. The molecule has 0 aliphatic carbocycles. The molecule has 0 spiro atoms. The van der Waals surface area contributed by atoms with Crippen molar-refractivity contribution in [1.82, 2.24) is 10.3 Å². The number of pyridine rings is 1. The predicted molar refractivity (Wildman–Crippen MR) is 83.5 cm³/mol.